The Morgan fingerprint density at radius 2 is 1.93 bits per heavy atom. The second-order valence-electron chi connectivity index (χ2n) is 5.22. The SMILES string of the molecule is CN(C)CCCNC(=O)SC[Si](C)(C)C. The predicted octanol–water partition coefficient (Wildman–Crippen LogP) is 2.26. The Labute approximate surface area is 99.0 Å². The second kappa shape index (κ2) is 7.30. The van der Waals surface area contributed by atoms with Crippen molar-refractivity contribution in [2.24, 2.45) is 0 Å². The van der Waals surface area contributed by atoms with Crippen LogP contribution in [0.1, 0.15) is 6.42 Å². The van der Waals surface area contributed by atoms with Gasteiger partial charge in [-0.2, -0.15) is 0 Å². The Balaban J connectivity index is 3.42. The van der Waals surface area contributed by atoms with E-state index in [4.69, 9.17) is 0 Å². The van der Waals surface area contributed by atoms with Gasteiger partial charge in [0.25, 0.3) is 5.24 Å². The van der Waals surface area contributed by atoms with E-state index < -0.39 is 8.07 Å². The van der Waals surface area contributed by atoms with E-state index in [-0.39, 0.29) is 5.24 Å². The molecule has 0 spiro atoms. The molecule has 0 aliphatic heterocycles. The molecule has 0 aliphatic rings. The molecule has 90 valence electrons. The zero-order valence-corrected chi connectivity index (χ0v) is 12.4. The van der Waals surface area contributed by atoms with Gasteiger partial charge in [-0.25, -0.2) is 0 Å². The minimum atomic E-state index is -1.09. The van der Waals surface area contributed by atoms with Gasteiger partial charge in [-0.05, 0) is 32.4 Å². The third-order valence-electron chi connectivity index (χ3n) is 1.69. The molecule has 0 radical (unpaired) electrons. The second-order valence-corrected chi connectivity index (χ2v) is 12.2. The summed E-state index contributed by atoms with van der Waals surface area (Å²) in [5.74, 6) is 0. The Morgan fingerprint density at radius 3 is 2.40 bits per heavy atom. The molecule has 0 aliphatic carbocycles. The van der Waals surface area contributed by atoms with Crippen molar-refractivity contribution in [1.82, 2.24) is 10.2 Å². The number of hydrogen-bond donors (Lipinski definition) is 1. The van der Waals surface area contributed by atoms with Crippen LogP contribution in [0.4, 0.5) is 4.79 Å². The molecule has 1 N–H and O–H groups in total. The smallest absolute Gasteiger partial charge is 0.278 e. The summed E-state index contributed by atoms with van der Waals surface area (Å²) < 4.78 is 0. The number of nitrogens with zero attached hydrogens (tertiary/aromatic N) is 1. The maximum Gasteiger partial charge on any atom is 0.278 e. The molecular weight excluding hydrogens is 224 g/mol. The first-order chi connectivity index (χ1) is 6.81. The number of carbonyl (C=O) groups excluding carboxylic acids is 1. The third kappa shape index (κ3) is 11.9. The number of nitrogens with one attached hydrogen (secondary N) is 1. The van der Waals surface area contributed by atoms with E-state index in [2.05, 4.69) is 29.9 Å². The summed E-state index contributed by atoms with van der Waals surface area (Å²) in [6.07, 6.45) is 1.02. The molecule has 0 saturated heterocycles. The molecule has 1 amide bonds. The zero-order chi connectivity index (χ0) is 11.9. The lowest BCUT2D eigenvalue weighted by Crippen LogP contribution is -2.29. The molecule has 0 bridgehead atoms. The number of rotatable bonds is 6. The van der Waals surface area contributed by atoms with Crippen LogP contribution in [0.5, 0.6) is 0 Å². The number of thioether (sulfide) groups is 1. The maximum absolute atomic E-state index is 11.4. The van der Waals surface area contributed by atoms with E-state index in [1.54, 1.807) is 0 Å². The van der Waals surface area contributed by atoms with Gasteiger partial charge in [0.05, 0.1) is 8.07 Å². The highest BCUT2D eigenvalue weighted by molar-refractivity contribution is 8.14. The van der Waals surface area contributed by atoms with Crippen LogP contribution >= 0.6 is 11.8 Å². The highest BCUT2D eigenvalue weighted by Gasteiger charge is 2.15. The van der Waals surface area contributed by atoms with Crippen molar-refractivity contribution >= 4 is 25.1 Å². The van der Waals surface area contributed by atoms with Crippen molar-refractivity contribution in [3.63, 3.8) is 0 Å². The van der Waals surface area contributed by atoms with Gasteiger partial charge in [-0.15, -0.1) is 0 Å². The highest BCUT2D eigenvalue weighted by Crippen LogP contribution is 2.11. The molecule has 0 rings (SSSR count). The zero-order valence-electron chi connectivity index (χ0n) is 10.6. The van der Waals surface area contributed by atoms with Crippen molar-refractivity contribution in [3.05, 3.63) is 0 Å². The quantitative estimate of drug-likeness (QED) is 0.578. The summed E-state index contributed by atoms with van der Waals surface area (Å²) in [5, 5.41) is 4.07. The van der Waals surface area contributed by atoms with Crippen molar-refractivity contribution < 1.29 is 4.79 Å². The van der Waals surface area contributed by atoms with Crippen molar-refractivity contribution in [2.45, 2.75) is 26.1 Å². The highest BCUT2D eigenvalue weighted by atomic mass is 32.2. The third-order valence-corrected chi connectivity index (χ3v) is 6.14. The van der Waals surface area contributed by atoms with Gasteiger partial charge in [0.2, 0.25) is 0 Å². The number of hydrogen-bond acceptors (Lipinski definition) is 3. The largest absolute Gasteiger partial charge is 0.347 e. The molecule has 15 heavy (non-hydrogen) atoms. The fourth-order valence-electron chi connectivity index (χ4n) is 0.919. The predicted molar refractivity (Wildman–Crippen MR) is 72.4 cm³/mol. The van der Waals surface area contributed by atoms with Crippen LogP contribution in [0.2, 0.25) is 19.6 Å². The first-order valence-electron chi connectivity index (χ1n) is 5.36. The Bertz CT molecular complexity index is 192. The summed E-state index contributed by atoms with van der Waals surface area (Å²) in [4.78, 5) is 13.5. The summed E-state index contributed by atoms with van der Waals surface area (Å²) in [6, 6.07) is 0. The molecule has 0 aromatic rings. The van der Waals surface area contributed by atoms with Gasteiger partial charge in [0.15, 0.2) is 0 Å². The first-order valence-corrected chi connectivity index (χ1v) is 10.1. The van der Waals surface area contributed by atoms with Crippen LogP contribution in [0.15, 0.2) is 0 Å². The number of carbonyl (C=O) groups is 1. The molecule has 5 heteroatoms. The van der Waals surface area contributed by atoms with Crippen LogP contribution in [-0.4, -0.2) is 50.8 Å². The minimum absolute atomic E-state index is 0.135. The van der Waals surface area contributed by atoms with Crippen molar-refractivity contribution in [2.75, 3.05) is 32.6 Å². The molecule has 0 fully saturated rings. The van der Waals surface area contributed by atoms with Gasteiger partial charge in [0.1, 0.15) is 0 Å². The average molecular weight is 248 g/mol. The number of amides is 1. The molecular formula is C10H24N2OSSi. The average Bonchev–Trinajstić information content (AvgIpc) is 2.07. The lowest BCUT2D eigenvalue weighted by molar-refractivity contribution is 0.260. The van der Waals surface area contributed by atoms with E-state index in [9.17, 15) is 4.79 Å². The summed E-state index contributed by atoms with van der Waals surface area (Å²) in [5.41, 5.74) is 0. The van der Waals surface area contributed by atoms with Crippen molar-refractivity contribution in [1.29, 1.82) is 0 Å². The summed E-state index contributed by atoms with van der Waals surface area (Å²) in [7, 11) is 3.00. The van der Waals surface area contributed by atoms with Gasteiger partial charge in [-0.1, -0.05) is 31.4 Å². The summed E-state index contributed by atoms with van der Waals surface area (Å²) in [6.45, 7) is 8.65. The Kier molecular flexibility index (Phi) is 7.30. The summed E-state index contributed by atoms with van der Waals surface area (Å²) >= 11 is 1.44. The van der Waals surface area contributed by atoms with Crippen LogP contribution < -0.4 is 5.32 Å². The normalized spacial score (nSPS) is 11.9. The van der Waals surface area contributed by atoms with E-state index in [0.29, 0.717) is 0 Å². The maximum atomic E-state index is 11.4. The molecule has 0 aromatic carbocycles. The lowest BCUT2D eigenvalue weighted by Gasteiger charge is -2.14. The lowest BCUT2D eigenvalue weighted by atomic mass is 10.4. The molecule has 0 atom stereocenters. The van der Waals surface area contributed by atoms with Crippen molar-refractivity contribution in [3.8, 4) is 0 Å². The standard InChI is InChI=1S/C10H24N2OSSi/c1-12(2)8-6-7-11-10(13)14-9-15(3,4)5/h6-9H2,1-5H3,(H,11,13). The Morgan fingerprint density at radius 1 is 1.33 bits per heavy atom. The topological polar surface area (TPSA) is 32.3 Å². The van der Waals surface area contributed by atoms with Crippen LogP contribution in [0.25, 0.3) is 0 Å². The van der Waals surface area contributed by atoms with Gasteiger partial charge in [-0.3, -0.25) is 4.79 Å². The first kappa shape index (κ1) is 15.0. The monoisotopic (exact) mass is 248 g/mol. The molecule has 3 nitrogen and oxygen atoms in total. The van der Waals surface area contributed by atoms with Gasteiger partial charge in [0, 0.05) is 6.54 Å². The molecule has 0 saturated carbocycles. The van der Waals surface area contributed by atoms with Crippen LogP contribution in [0, 0.1) is 0 Å². The molecule has 0 heterocycles. The Hall–Kier alpha value is -0.00312. The molecule has 0 aromatic heterocycles. The fraction of sp³-hybridized carbons (Fsp3) is 0.900. The van der Waals surface area contributed by atoms with Gasteiger partial charge < -0.3 is 10.2 Å². The fourth-order valence-corrected chi connectivity index (χ4v) is 3.38. The van der Waals surface area contributed by atoms with E-state index in [1.807, 2.05) is 14.1 Å². The van der Waals surface area contributed by atoms with Crippen LogP contribution in [-0.2, 0) is 0 Å². The minimum Gasteiger partial charge on any atom is -0.347 e. The van der Waals surface area contributed by atoms with E-state index in [1.165, 1.54) is 11.8 Å². The molecule has 0 unspecified atom stereocenters. The van der Waals surface area contributed by atoms with E-state index >= 15 is 0 Å². The van der Waals surface area contributed by atoms with E-state index in [0.717, 1.165) is 24.9 Å². The van der Waals surface area contributed by atoms with Crippen LogP contribution in [0.3, 0.4) is 0 Å². The van der Waals surface area contributed by atoms with Gasteiger partial charge >= 0.3 is 0 Å².